The molecule has 0 radical (unpaired) electrons. The minimum atomic E-state index is 0.260. The van der Waals surface area contributed by atoms with Crippen molar-refractivity contribution in [3.63, 3.8) is 0 Å². The Bertz CT molecular complexity index is 1060. The average molecular weight is 342 g/mol. The summed E-state index contributed by atoms with van der Waals surface area (Å²) >= 11 is 0. The predicted octanol–water partition coefficient (Wildman–Crippen LogP) is 3.70. The summed E-state index contributed by atoms with van der Waals surface area (Å²) in [5, 5.41) is 9.00. The van der Waals surface area contributed by atoms with Gasteiger partial charge in [-0.3, -0.25) is 0 Å². The summed E-state index contributed by atoms with van der Waals surface area (Å²) in [6, 6.07) is 14.6. The lowest BCUT2D eigenvalue weighted by Gasteiger charge is -2.26. The average Bonchev–Trinajstić information content (AvgIpc) is 3.14. The minimum Gasteiger partial charge on any atom is -0.363 e. The van der Waals surface area contributed by atoms with Gasteiger partial charge in [0.25, 0.3) is 0 Å². The van der Waals surface area contributed by atoms with Crippen LogP contribution in [0.15, 0.2) is 61.2 Å². The van der Waals surface area contributed by atoms with Crippen molar-refractivity contribution in [3.05, 3.63) is 72.3 Å². The van der Waals surface area contributed by atoms with Crippen LogP contribution in [0.5, 0.6) is 0 Å². The summed E-state index contributed by atoms with van der Waals surface area (Å²) in [6.07, 6.45) is 8.56. The van der Waals surface area contributed by atoms with Crippen LogP contribution in [0.2, 0.25) is 0 Å². The fraction of sp³-hybridized carbons (Fsp3) is 0.200. The molecule has 128 valence electrons. The molecular formula is C20H18N6. The summed E-state index contributed by atoms with van der Waals surface area (Å²) < 4.78 is 1.75. The highest BCUT2D eigenvalue weighted by molar-refractivity contribution is 5.87. The van der Waals surface area contributed by atoms with Crippen LogP contribution in [-0.2, 0) is 6.42 Å². The summed E-state index contributed by atoms with van der Waals surface area (Å²) in [6.45, 7) is 0. The van der Waals surface area contributed by atoms with E-state index in [4.69, 9.17) is 0 Å². The van der Waals surface area contributed by atoms with Crippen LogP contribution >= 0.6 is 0 Å². The van der Waals surface area contributed by atoms with Gasteiger partial charge in [-0.05, 0) is 42.5 Å². The van der Waals surface area contributed by atoms with Crippen molar-refractivity contribution in [1.82, 2.24) is 24.7 Å². The first-order chi connectivity index (χ1) is 12.9. The third kappa shape index (κ3) is 2.50. The number of nitrogens with zero attached hydrogens (tertiary/aromatic N) is 5. The molecule has 0 aliphatic heterocycles. The molecule has 5 rings (SSSR count). The van der Waals surface area contributed by atoms with Gasteiger partial charge in [0, 0.05) is 6.20 Å². The number of benzene rings is 1. The van der Waals surface area contributed by atoms with E-state index in [2.05, 4.69) is 49.6 Å². The van der Waals surface area contributed by atoms with Gasteiger partial charge in [-0.2, -0.15) is 9.78 Å². The Labute approximate surface area is 150 Å². The quantitative estimate of drug-likeness (QED) is 0.615. The molecule has 1 aliphatic carbocycles. The molecule has 6 nitrogen and oxygen atoms in total. The van der Waals surface area contributed by atoms with Gasteiger partial charge in [0.15, 0.2) is 11.5 Å². The SMILES string of the molecule is c1ccc(-n2ncc3c(NC4CCCc5ccccc54)ncnc32)nc1. The molecule has 1 aliphatic rings. The largest absolute Gasteiger partial charge is 0.363 e. The molecule has 4 aromatic rings. The molecule has 0 fully saturated rings. The zero-order valence-corrected chi connectivity index (χ0v) is 14.2. The number of aromatic nitrogens is 5. The Hall–Kier alpha value is -3.28. The molecule has 26 heavy (non-hydrogen) atoms. The van der Waals surface area contributed by atoms with Crippen LogP contribution in [0.3, 0.4) is 0 Å². The Morgan fingerprint density at radius 2 is 1.92 bits per heavy atom. The normalized spacial score (nSPS) is 16.4. The molecule has 1 atom stereocenters. The molecule has 1 aromatic carbocycles. The smallest absolute Gasteiger partial charge is 0.170 e. The number of rotatable bonds is 3. The summed E-state index contributed by atoms with van der Waals surface area (Å²) in [4.78, 5) is 13.3. The number of hydrogen-bond acceptors (Lipinski definition) is 5. The molecule has 1 N–H and O–H groups in total. The lowest BCUT2D eigenvalue weighted by molar-refractivity contribution is 0.599. The lowest BCUT2D eigenvalue weighted by Crippen LogP contribution is -2.18. The van der Waals surface area contributed by atoms with Crippen molar-refractivity contribution in [2.75, 3.05) is 5.32 Å². The van der Waals surface area contributed by atoms with Gasteiger partial charge in [-0.25, -0.2) is 15.0 Å². The minimum absolute atomic E-state index is 0.260. The Balaban J connectivity index is 1.54. The predicted molar refractivity (Wildman–Crippen MR) is 100 cm³/mol. The molecule has 3 heterocycles. The van der Waals surface area contributed by atoms with E-state index in [0.717, 1.165) is 35.5 Å². The summed E-state index contributed by atoms with van der Waals surface area (Å²) in [5.41, 5.74) is 3.54. The van der Waals surface area contributed by atoms with Crippen LogP contribution in [0.25, 0.3) is 16.9 Å². The highest BCUT2D eigenvalue weighted by Gasteiger charge is 2.21. The Kier molecular flexibility index (Phi) is 3.59. The highest BCUT2D eigenvalue weighted by atomic mass is 15.3. The van der Waals surface area contributed by atoms with E-state index in [0.29, 0.717) is 0 Å². The maximum absolute atomic E-state index is 4.48. The molecule has 0 spiro atoms. The van der Waals surface area contributed by atoms with E-state index in [1.807, 2.05) is 18.2 Å². The lowest BCUT2D eigenvalue weighted by atomic mass is 9.88. The topological polar surface area (TPSA) is 68.5 Å². The second-order valence-corrected chi connectivity index (χ2v) is 6.49. The number of fused-ring (bicyclic) bond motifs is 2. The number of anilines is 1. The second-order valence-electron chi connectivity index (χ2n) is 6.49. The van der Waals surface area contributed by atoms with Crippen molar-refractivity contribution in [2.45, 2.75) is 25.3 Å². The van der Waals surface area contributed by atoms with E-state index in [1.165, 1.54) is 17.5 Å². The van der Waals surface area contributed by atoms with Gasteiger partial charge in [-0.15, -0.1) is 0 Å². The Morgan fingerprint density at radius 1 is 1.00 bits per heavy atom. The van der Waals surface area contributed by atoms with E-state index >= 15 is 0 Å². The van der Waals surface area contributed by atoms with Crippen LogP contribution in [0.1, 0.15) is 30.0 Å². The standard InChI is InChI=1S/C20H18N6/c1-2-8-15-14(6-1)7-5-9-17(15)25-19-16-12-24-26(20(16)23-13-22-19)18-10-3-4-11-21-18/h1-4,6,8,10-13,17H,5,7,9H2,(H,22,23,25). The van der Waals surface area contributed by atoms with Crippen LogP contribution in [0, 0.1) is 0 Å². The first kappa shape index (κ1) is 15.0. The second kappa shape index (κ2) is 6.22. The van der Waals surface area contributed by atoms with Crippen molar-refractivity contribution in [3.8, 4) is 5.82 Å². The van der Waals surface area contributed by atoms with E-state index < -0.39 is 0 Å². The number of nitrogens with one attached hydrogen (secondary N) is 1. The third-order valence-corrected chi connectivity index (χ3v) is 4.91. The fourth-order valence-electron chi connectivity index (χ4n) is 3.67. The number of hydrogen-bond donors (Lipinski definition) is 1. The number of pyridine rings is 1. The highest BCUT2D eigenvalue weighted by Crippen LogP contribution is 2.33. The Morgan fingerprint density at radius 3 is 2.85 bits per heavy atom. The first-order valence-electron chi connectivity index (χ1n) is 8.84. The van der Waals surface area contributed by atoms with Gasteiger partial charge in [0.05, 0.1) is 17.6 Å². The molecular weight excluding hydrogens is 324 g/mol. The van der Waals surface area contributed by atoms with E-state index in [9.17, 15) is 0 Å². The van der Waals surface area contributed by atoms with Crippen LogP contribution in [-0.4, -0.2) is 24.7 Å². The summed E-state index contributed by atoms with van der Waals surface area (Å²) in [7, 11) is 0. The molecule has 1 unspecified atom stereocenters. The number of aryl methyl sites for hydroxylation is 1. The zero-order valence-electron chi connectivity index (χ0n) is 14.2. The van der Waals surface area contributed by atoms with E-state index in [1.54, 1.807) is 23.4 Å². The van der Waals surface area contributed by atoms with Gasteiger partial charge >= 0.3 is 0 Å². The monoisotopic (exact) mass is 342 g/mol. The van der Waals surface area contributed by atoms with Gasteiger partial charge < -0.3 is 5.32 Å². The van der Waals surface area contributed by atoms with Crippen molar-refractivity contribution < 1.29 is 0 Å². The fourth-order valence-corrected chi connectivity index (χ4v) is 3.67. The van der Waals surface area contributed by atoms with Crippen molar-refractivity contribution >= 4 is 16.9 Å². The third-order valence-electron chi connectivity index (χ3n) is 4.91. The van der Waals surface area contributed by atoms with Gasteiger partial charge in [0.1, 0.15) is 12.1 Å². The van der Waals surface area contributed by atoms with Crippen molar-refractivity contribution in [1.29, 1.82) is 0 Å². The van der Waals surface area contributed by atoms with Crippen molar-refractivity contribution in [2.24, 2.45) is 0 Å². The maximum atomic E-state index is 4.48. The summed E-state index contributed by atoms with van der Waals surface area (Å²) in [5.74, 6) is 1.56. The van der Waals surface area contributed by atoms with Crippen LogP contribution < -0.4 is 5.32 Å². The molecule has 0 bridgehead atoms. The van der Waals surface area contributed by atoms with Crippen LogP contribution in [0.4, 0.5) is 5.82 Å². The molecule has 0 amide bonds. The van der Waals surface area contributed by atoms with Gasteiger partial charge in [0.2, 0.25) is 0 Å². The molecule has 3 aromatic heterocycles. The van der Waals surface area contributed by atoms with Gasteiger partial charge in [-0.1, -0.05) is 30.3 Å². The maximum Gasteiger partial charge on any atom is 0.170 e. The molecule has 6 heteroatoms. The molecule has 0 saturated carbocycles. The van der Waals surface area contributed by atoms with E-state index in [-0.39, 0.29) is 6.04 Å². The molecule has 0 saturated heterocycles. The zero-order chi connectivity index (χ0) is 17.3. The first-order valence-corrected chi connectivity index (χ1v) is 8.84.